The summed E-state index contributed by atoms with van der Waals surface area (Å²) in [5.41, 5.74) is 11.9. The summed E-state index contributed by atoms with van der Waals surface area (Å²) in [6, 6.07) is 4.12. The summed E-state index contributed by atoms with van der Waals surface area (Å²) in [6.45, 7) is 6.56. The lowest BCUT2D eigenvalue weighted by Crippen LogP contribution is -2.31. The van der Waals surface area contributed by atoms with E-state index < -0.39 is 0 Å². The average molecular weight is 368 g/mol. The Bertz CT molecular complexity index is 613. The number of allylic oxidation sites excluding steroid dienone is 1. The molecule has 0 spiro atoms. The fourth-order valence-electron chi connectivity index (χ4n) is 3.64. The van der Waals surface area contributed by atoms with Gasteiger partial charge in [0.05, 0.1) is 23.9 Å². The number of likely N-dealkylation sites (N-methyl/N-ethyl adjacent to an activating group) is 1. The van der Waals surface area contributed by atoms with Crippen LogP contribution in [0.1, 0.15) is 32.3 Å². The van der Waals surface area contributed by atoms with Gasteiger partial charge >= 0.3 is 0 Å². The van der Waals surface area contributed by atoms with Gasteiger partial charge in [0.2, 0.25) is 0 Å². The number of aliphatic hydroxyl groups is 2. The minimum absolute atomic E-state index is 0.0127. The van der Waals surface area contributed by atoms with Gasteiger partial charge < -0.3 is 25.7 Å². The molecule has 0 saturated heterocycles. The average Bonchev–Trinajstić information content (AvgIpc) is 2.76. The van der Waals surface area contributed by atoms with Gasteiger partial charge in [0.1, 0.15) is 0 Å². The molecule has 1 aliphatic heterocycles. The van der Waals surface area contributed by atoms with Crippen LogP contribution in [0.15, 0.2) is 23.4 Å². The van der Waals surface area contributed by atoms with Crippen molar-refractivity contribution < 1.29 is 10.2 Å². The third-order valence-corrected chi connectivity index (χ3v) is 5.19. The van der Waals surface area contributed by atoms with Crippen LogP contribution < -0.4 is 15.5 Å². The molecule has 0 aliphatic carbocycles. The molecular formula is C19H30ClN3O2. The quantitative estimate of drug-likeness (QED) is 0.658. The van der Waals surface area contributed by atoms with E-state index in [-0.39, 0.29) is 13.2 Å². The number of halogens is 1. The number of hydrogen-bond donors (Lipinski definition) is 3. The molecule has 0 saturated carbocycles. The molecule has 6 heteroatoms. The summed E-state index contributed by atoms with van der Waals surface area (Å²) < 4.78 is 0. The van der Waals surface area contributed by atoms with Crippen molar-refractivity contribution in [3.8, 4) is 0 Å². The summed E-state index contributed by atoms with van der Waals surface area (Å²) in [6.07, 6.45) is 2.94. The van der Waals surface area contributed by atoms with Crippen molar-refractivity contribution in [2.24, 2.45) is 5.73 Å². The van der Waals surface area contributed by atoms with Gasteiger partial charge in [-0.2, -0.15) is 0 Å². The van der Waals surface area contributed by atoms with Crippen LogP contribution >= 0.6 is 11.6 Å². The Kier molecular flexibility index (Phi) is 7.56. The van der Waals surface area contributed by atoms with E-state index in [1.54, 1.807) is 0 Å². The fourth-order valence-corrected chi connectivity index (χ4v) is 3.95. The van der Waals surface area contributed by atoms with E-state index in [0.717, 1.165) is 37.2 Å². The summed E-state index contributed by atoms with van der Waals surface area (Å²) in [4.78, 5) is 4.21. The molecule has 0 atom stereocenters. The van der Waals surface area contributed by atoms with Crippen molar-refractivity contribution in [2.45, 2.75) is 33.1 Å². The number of rotatable bonds is 8. The SMILES string of the molecule is CCC1=C(CN)N(CC)c2cc(N(CCO)CCO)c(Cl)cc2CC1. The number of anilines is 2. The van der Waals surface area contributed by atoms with Gasteiger partial charge in [0.15, 0.2) is 0 Å². The maximum Gasteiger partial charge on any atom is 0.0643 e. The minimum atomic E-state index is 0.0127. The topological polar surface area (TPSA) is 73.0 Å². The third kappa shape index (κ3) is 4.29. The first-order valence-electron chi connectivity index (χ1n) is 9.08. The highest BCUT2D eigenvalue weighted by molar-refractivity contribution is 6.33. The maximum absolute atomic E-state index is 9.34. The number of aryl methyl sites for hydroxylation is 1. The summed E-state index contributed by atoms with van der Waals surface area (Å²) in [5, 5.41) is 19.3. The van der Waals surface area contributed by atoms with Gasteiger partial charge in [0, 0.05) is 37.6 Å². The Morgan fingerprint density at radius 3 is 2.36 bits per heavy atom. The molecule has 0 unspecified atom stereocenters. The van der Waals surface area contributed by atoms with E-state index in [1.165, 1.54) is 16.8 Å². The molecule has 0 amide bonds. The van der Waals surface area contributed by atoms with Crippen LogP contribution in [0, 0.1) is 0 Å². The van der Waals surface area contributed by atoms with E-state index in [0.29, 0.717) is 24.7 Å². The van der Waals surface area contributed by atoms with Crippen LogP contribution in [0.25, 0.3) is 0 Å². The third-order valence-electron chi connectivity index (χ3n) is 4.89. The Morgan fingerprint density at radius 1 is 1.16 bits per heavy atom. The lowest BCUT2D eigenvalue weighted by atomic mass is 10.0. The molecule has 25 heavy (non-hydrogen) atoms. The number of aliphatic hydroxyl groups excluding tert-OH is 2. The molecule has 1 aliphatic rings. The number of hydrogen-bond acceptors (Lipinski definition) is 5. The number of fused-ring (bicyclic) bond motifs is 1. The summed E-state index contributed by atoms with van der Waals surface area (Å²) >= 11 is 6.55. The van der Waals surface area contributed by atoms with Crippen LogP contribution in [0.2, 0.25) is 5.02 Å². The van der Waals surface area contributed by atoms with Crippen LogP contribution in [-0.4, -0.2) is 49.6 Å². The second-order valence-electron chi connectivity index (χ2n) is 6.22. The number of nitrogens with zero attached hydrogens (tertiary/aromatic N) is 2. The van der Waals surface area contributed by atoms with Gasteiger partial charge in [-0.1, -0.05) is 18.5 Å². The van der Waals surface area contributed by atoms with Crippen molar-refractivity contribution in [1.82, 2.24) is 0 Å². The first-order chi connectivity index (χ1) is 12.1. The molecule has 0 aromatic heterocycles. The summed E-state index contributed by atoms with van der Waals surface area (Å²) in [5.74, 6) is 0. The zero-order valence-corrected chi connectivity index (χ0v) is 16.0. The zero-order chi connectivity index (χ0) is 18.4. The largest absolute Gasteiger partial charge is 0.395 e. The maximum atomic E-state index is 9.34. The molecule has 0 fully saturated rings. The molecule has 140 valence electrons. The van der Waals surface area contributed by atoms with E-state index in [9.17, 15) is 10.2 Å². The number of benzene rings is 1. The lowest BCUT2D eigenvalue weighted by molar-refractivity contribution is 0.281. The second-order valence-corrected chi connectivity index (χ2v) is 6.63. The molecule has 4 N–H and O–H groups in total. The second kappa shape index (κ2) is 9.43. The van der Waals surface area contributed by atoms with Crippen LogP contribution in [-0.2, 0) is 6.42 Å². The molecular weight excluding hydrogens is 338 g/mol. The van der Waals surface area contributed by atoms with Crippen LogP contribution in [0.5, 0.6) is 0 Å². The Morgan fingerprint density at radius 2 is 1.84 bits per heavy atom. The van der Waals surface area contributed by atoms with Crippen molar-refractivity contribution in [2.75, 3.05) is 49.2 Å². The Hall–Kier alpha value is -1.27. The first kappa shape index (κ1) is 20.0. The Balaban J connectivity index is 2.55. The van der Waals surface area contributed by atoms with E-state index in [4.69, 9.17) is 17.3 Å². The highest BCUT2D eigenvalue weighted by Gasteiger charge is 2.23. The van der Waals surface area contributed by atoms with Gasteiger partial charge in [-0.15, -0.1) is 0 Å². The van der Waals surface area contributed by atoms with Crippen LogP contribution in [0.4, 0.5) is 11.4 Å². The standard InChI is InChI=1S/C19H30ClN3O2/c1-3-14-5-6-15-11-16(20)18(22(7-9-24)8-10-25)12-17(15)23(4-2)19(14)13-21/h11-12,24-25H,3-10,13,21H2,1-2H3. The molecule has 2 rings (SSSR count). The predicted molar refractivity (Wildman–Crippen MR) is 106 cm³/mol. The molecule has 1 aromatic carbocycles. The normalized spacial score (nSPS) is 14.6. The molecule has 5 nitrogen and oxygen atoms in total. The van der Waals surface area contributed by atoms with E-state index in [1.807, 2.05) is 11.0 Å². The van der Waals surface area contributed by atoms with Gasteiger partial charge in [0.25, 0.3) is 0 Å². The fraction of sp³-hybridized carbons (Fsp3) is 0.579. The van der Waals surface area contributed by atoms with E-state index in [2.05, 4.69) is 24.8 Å². The monoisotopic (exact) mass is 367 g/mol. The lowest BCUT2D eigenvalue weighted by Gasteiger charge is -2.31. The van der Waals surface area contributed by atoms with Crippen molar-refractivity contribution in [1.29, 1.82) is 0 Å². The van der Waals surface area contributed by atoms with Gasteiger partial charge in [-0.05, 0) is 49.5 Å². The molecule has 1 heterocycles. The summed E-state index contributed by atoms with van der Waals surface area (Å²) in [7, 11) is 0. The van der Waals surface area contributed by atoms with Crippen molar-refractivity contribution in [3.63, 3.8) is 0 Å². The van der Waals surface area contributed by atoms with Crippen molar-refractivity contribution in [3.05, 3.63) is 34.0 Å². The Labute approximate surface area is 155 Å². The molecule has 0 bridgehead atoms. The molecule has 0 radical (unpaired) electrons. The molecule has 1 aromatic rings. The zero-order valence-electron chi connectivity index (χ0n) is 15.3. The predicted octanol–water partition coefficient (Wildman–Crippen LogP) is 2.53. The van der Waals surface area contributed by atoms with Gasteiger partial charge in [-0.3, -0.25) is 0 Å². The highest BCUT2D eigenvalue weighted by Crippen LogP contribution is 2.39. The smallest absolute Gasteiger partial charge is 0.0643 e. The first-order valence-corrected chi connectivity index (χ1v) is 9.46. The minimum Gasteiger partial charge on any atom is -0.395 e. The highest BCUT2D eigenvalue weighted by atomic mass is 35.5. The van der Waals surface area contributed by atoms with Crippen LogP contribution in [0.3, 0.4) is 0 Å². The van der Waals surface area contributed by atoms with E-state index >= 15 is 0 Å². The van der Waals surface area contributed by atoms with Gasteiger partial charge in [-0.25, -0.2) is 0 Å². The number of nitrogens with two attached hydrogens (primary N) is 1. The van der Waals surface area contributed by atoms with Crippen molar-refractivity contribution >= 4 is 23.0 Å².